The van der Waals surface area contributed by atoms with Crippen molar-refractivity contribution in [1.82, 2.24) is 20.1 Å². The van der Waals surface area contributed by atoms with Crippen LogP contribution in [0.5, 0.6) is 0 Å². The highest BCUT2D eigenvalue weighted by molar-refractivity contribution is 8.17. The van der Waals surface area contributed by atoms with Gasteiger partial charge >= 0.3 is 17.9 Å². The zero-order valence-corrected chi connectivity index (χ0v) is 39.0. The fourth-order valence-electron chi connectivity index (χ4n) is 5.73. The van der Waals surface area contributed by atoms with Crippen LogP contribution in [-0.4, -0.2) is 92.2 Å². The first-order valence-electron chi connectivity index (χ1n) is 18.7. The van der Waals surface area contributed by atoms with Crippen LogP contribution < -0.4 is 5.32 Å². The maximum atomic E-state index is 11.6. The number of ketones is 2. The van der Waals surface area contributed by atoms with Crippen LogP contribution >= 0.6 is 23.5 Å². The first-order valence-corrected chi connectivity index (χ1v) is 20.4. The molecule has 0 aromatic carbocycles. The van der Waals surface area contributed by atoms with E-state index < -0.39 is 0 Å². The minimum Gasteiger partial charge on any atom is -0.504 e. The molecule has 0 fully saturated rings. The Morgan fingerprint density at radius 2 is 1.29 bits per heavy atom. The Bertz CT molecular complexity index is 2160. The highest BCUT2D eigenvalue weighted by Crippen LogP contribution is 2.34. The lowest BCUT2D eigenvalue weighted by Gasteiger charge is -2.30. The van der Waals surface area contributed by atoms with E-state index in [-0.39, 0.29) is 82.6 Å². The van der Waals surface area contributed by atoms with Crippen molar-refractivity contribution in [3.8, 4) is 0 Å². The van der Waals surface area contributed by atoms with Crippen molar-refractivity contribution < 1.29 is 67.2 Å². The first-order chi connectivity index (χ1) is 29.2. The summed E-state index contributed by atoms with van der Waals surface area (Å²) in [6, 6.07) is 0. The van der Waals surface area contributed by atoms with Crippen LogP contribution in [0.25, 0.3) is 0 Å². The van der Waals surface area contributed by atoms with Crippen molar-refractivity contribution in [3.05, 3.63) is 105 Å². The lowest BCUT2D eigenvalue weighted by molar-refractivity contribution is -0.141. The molecule has 4 rings (SSSR count). The number of hydrogen-bond donors (Lipinski definition) is 3. The number of carbonyl (C=O) groups is 9. The number of aromatic nitrogens is 1. The van der Waals surface area contributed by atoms with Gasteiger partial charge in [0.05, 0.1) is 27.1 Å². The number of hydrogen-bond acceptors (Lipinski definition) is 17. The van der Waals surface area contributed by atoms with Crippen molar-refractivity contribution in [2.75, 3.05) is 20.8 Å². The number of nitrogens with one attached hydrogen (secondary N) is 2. The van der Waals surface area contributed by atoms with Crippen molar-refractivity contribution >= 4 is 75.0 Å². The van der Waals surface area contributed by atoms with Gasteiger partial charge in [0.15, 0.2) is 27.6 Å². The standard InChI is InChI=1S/C12H14N2O4S2.2C11H15NO3.C9H10O4/c1-7(15)13-5-12(20-10(4)18)14(8(2)16)6-11(13)19-9(3)17;2*1-6-9(5-10(14)15-4)11(8(3)13)7(2)12-6;1-6-3-8(4-12-7(2)10)13-5-9(6)11/h5-6H,1-4H3;12H,5H2,1-4H3;9,12H,1,5H2,2-4H3;3,5,11H,1,4H2,2H3. The van der Waals surface area contributed by atoms with Crippen molar-refractivity contribution in [2.24, 2.45) is 5.92 Å². The predicted octanol–water partition coefficient (Wildman–Crippen LogP) is 5.97. The number of carbonyl (C=O) groups excluding carboxylic acids is 9. The number of aromatic amines is 1. The highest BCUT2D eigenvalue weighted by Gasteiger charge is 2.32. The molecule has 0 saturated heterocycles. The second kappa shape index (κ2) is 25.5. The number of rotatable bonds is 10. The summed E-state index contributed by atoms with van der Waals surface area (Å²) in [5, 5.41) is 12.3. The SMILES string of the molecule is C=C1C=C(COC(C)=O)OC=C1O.C=C1NC(C)=C(C(C)=O)C1CC(=O)OC.CC(=O)SC1=CN(C(C)=O)C(SC(C)=O)=CN1C(C)=O.COC(=O)Cc1c(C)[nH]c(C)c1C(C)=O. The Hall–Kier alpha value is -6.41. The van der Waals surface area contributed by atoms with Crippen molar-refractivity contribution in [3.63, 3.8) is 0 Å². The molecule has 0 aliphatic carbocycles. The quantitative estimate of drug-likeness (QED) is 0.139. The monoisotopic (exact) mass is 914 g/mol. The summed E-state index contributed by atoms with van der Waals surface area (Å²) in [4.78, 5) is 107. The number of allylic oxidation sites excluding steroid dienone is 3. The van der Waals surface area contributed by atoms with Crippen molar-refractivity contribution in [2.45, 2.75) is 82.1 Å². The Kier molecular flexibility index (Phi) is 22.1. The number of nitrogens with zero attached hydrogens (tertiary/aromatic N) is 2. The fraction of sp³-hybridized carbons (Fsp3) is 0.372. The lowest BCUT2D eigenvalue weighted by Crippen LogP contribution is -2.33. The molecule has 342 valence electrons. The van der Waals surface area contributed by atoms with Gasteiger partial charge in [-0.1, -0.05) is 13.2 Å². The Morgan fingerprint density at radius 3 is 1.68 bits per heavy atom. The summed E-state index contributed by atoms with van der Waals surface area (Å²) in [5.41, 5.74) is 5.54. The van der Waals surface area contributed by atoms with E-state index in [1.807, 2.05) is 13.8 Å². The molecule has 0 radical (unpaired) electrons. The van der Waals surface area contributed by atoms with Crippen LogP contribution in [0.4, 0.5) is 0 Å². The molecule has 3 aliphatic heterocycles. The van der Waals surface area contributed by atoms with Crippen LogP contribution in [0.15, 0.2) is 82.0 Å². The molecular formula is C43H54N4O14S2. The summed E-state index contributed by atoms with van der Waals surface area (Å²) in [6.45, 7) is 22.6. The third-order valence-corrected chi connectivity index (χ3v) is 10.0. The molecule has 3 N–H and O–H groups in total. The summed E-state index contributed by atoms with van der Waals surface area (Å²) < 4.78 is 18.8. The van der Waals surface area contributed by atoms with E-state index in [4.69, 9.17) is 9.84 Å². The zero-order valence-electron chi connectivity index (χ0n) is 37.4. The summed E-state index contributed by atoms with van der Waals surface area (Å²) in [5.74, 6) is -1.57. The number of amides is 2. The Morgan fingerprint density at radius 1 is 0.778 bits per heavy atom. The van der Waals surface area contributed by atoms with Gasteiger partial charge in [-0.25, -0.2) is 0 Å². The highest BCUT2D eigenvalue weighted by atomic mass is 32.2. The van der Waals surface area contributed by atoms with Gasteiger partial charge in [0.25, 0.3) is 0 Å². The van der Waals surface area contributed by atoms with E-state index in [1.165, 1.54) is 91.0 Å². The first kappa shape index (κ1) is 54.6. The number of esters is 3. The van der Waals surface area contributed by atoms with Gasteiger partial charge in [-0.05, 0) is 69.8 Å². The van der Waals surface area contributed by atoms with Crippen LogP contribution in [0.1, 0.15) is 89.1 Å². The lowest BCUT2D eigenvalue weighted by atomic mass is 9.92. The van der Waals surface area contributed by atoms with Crippen LogP contribution in [0, 0.1) is 19.8 Å². The number of H-pyrrole nitrogens is 1. The van der Waals surface area contributed by atoms with E-state index in [1.54, 1.807) is 6.92 Å². The molecule has 1 atom stereocenters. The van der Waals surface area contributed by atoms with E-state index in [2.05, 4.69) is 37.7 Å². The summed E-state index contributed by atoms with van der Waals surface area (Å²) in [6.07, 6.45) is 5.75. The van der Waals surface area contributed by atoms with Gasteiger partial charge in [0.1, 0.15) is 28.7 Å². The van der Waals surface area contributed by atoms with E-state index in [0.29, 0.717) is 38.2 Å². The molecular weight excluding hydrogens is 861 g/mol. The maximum Gasteiger partial charge on any atom is 0.310 e. The van der Waals surface area contributed by atoms with Gasteiger partial charge < -0.3 is 34.4 Å². The predicted molar refractivity (Wildman–Crippen MR) is 235 cm³/mol. The smallest absolute Gasteiger partial charge is 0.310 e. The van der Waals surface area contributed by atoms with Crippen LogP contribution in [0.2, 0.25) is 0 Å². The Labute approximate surface area is 374 Å². The molecule has 1 unspecified atom stereocenters. The molecule has 1 aromatic heterocycles. The minimum atomic E-state index is -0.381. The molecule has 0 spiro atoms. The molecule has 0 saturated carbocycles. The third-order valence-electron chi connectivity index (χ3n) is 8.44. The van der Waals surface area contributed by atoms with Crippen LogP contribution in [-0.2, 0) is 63.7 Å². The van der Waals surface area contributed by atoms with Gasteiger partial charge in [-0.3, -0.25) is 53.0 Å². The molecule has 1 aromatic rings. The number of aryl methyl sites for hydroxylation is 2. The normalized spacial score (nSPS) is 15.1. The molecule has 3 aliphatic rings. The van der Waals surface area contributed by atoms with E-state index in [0.717, 1.165) is 52.4 Å². The number of thioether (sulfide) groups is 2. The van der Waals surface area contributed by atoms with Gasteiger partial charge in [0.2, 0.25) is 11.8 Å². The second-order valence-electron chi connectivity index (χ2n) is 13.6. The molecule has 0 bridgehead atoms. The van der Waals surface area contributed by atoms with Gasteiger partial charge in [-0.15, -0.1) is 0 Å². The van der Waals surface area contributed by atoms with Crippen molar-refractivity contribution in [1.29, 1.82) is 0 Å². The van der Waals surface area contributed by atoms with E-state index in [9.17, 15) is 43.2 Å². The average Bonchev–Trinajstić information content (AvgIpc) is 3.62. The third kappa shape index (κ3) is 17.5. The molecule has 2 amide bonds. The van der Waals surface area contributed by atoms with E-state index >= 15 is 0 Å². The summed E-state index contributed by atoms with van der Waals surface area (Å²) in [7, 11) is 2.67. The number of methoxy groups -OCH3 is 2. The average molecular weight is 915 g/mol. The van der Waals surface area contributed by atoms with Crippen LogP contribution in [0.3, 0.4) is 0 Å². The molecule has 63 heavy (non-hydrogen) atoms. The summed E-state index contributed by atoms with van der Waals surface area (Å²) >= 11 is 1.70. The van der Waals surface area contributed by atoms with Gasteiger partial charge in [-0.2, -0.15) is 0 Å². The minimum absolute atomic E-state index is 0.0217. The number of Topliss-reactive ketones (excluding diaryl/α,β-unsaturated/α-hetero) is 2. The largest absolute Gasteiger partial charge is 0.504 e. The fourth-order valence-corrected chi connectivity index (χ4v) is 7.20. The Balaban J connectivity index is 0.000000425. The second-order valence-corrected chi connectivity index (χ2v) is 15.9. The number of aliphatic hydroxyl groups is 1. The maximum absolute atomic E-state index is 11.6. The van der Waals surface area contributed by atoms with Gasteiger partial charge in [0, 0.05) is 92.4 Å². The number of ether oxygens (including phenoxy) is 4. The molecule has 18 nitrogen and oxygen atoms in total. The topological polar surface area (TPSA) is 245 Å². The number of aliphatic hydroxyl groups excluding tert-OH is 1. The molecule has 20 heteroatoms. The molecule has 4 heterocycles. The zero-order chi connectivity index (χ0) is 48.5.